The number of hydrazine groups is 1. The van der Waals surface area contributed by atoms with E-state index in [4.69, 9.17) is 4.98 Å². The van der Waals surface area contributed by atoms with Crippen LogP contribution in [0.25, 0.3) is 10.9 Å². The maximum Gasteiger partial charge on any atom is 0.332 e. The maximum absolute atomic E-state index is 13.9. The topological polar surface area (TPSA) is 89.1 Å². The molecule has 1 N–H and O–H groups in total. The Labute approximate surface area is 238 Å². The summed E-state index contributed by atoms with van der Waals surface area (Å²) >= 11 is 0. The summed E-state index contributed by atoms with van der Waals surface area (Å²) < 4.78 is 0. The largest absolute Gasteiger partial charge is 0.333 e. The highest BCUT2D eigenvalue weighted by atomic mass is 16.2. The molecule has 0 radical (unpaired) electrons. The zero-order chi connectivity index (χ0) is 28.3. The first-order valence-corrected chi connectivity index (χ1v) is 13.8. The molecule has 41 heavy (non-hydrogen) atoms. The molecular formula is C32H32N6O3. The highest BCUT2D eigenvalue weighted by molar-refractivity contribution is 5.92. The third-order valence-corrected chi connectivity index (χ3v) is 7.81. The van der Waals surface area contributed by atoms with Gasteiger partial charge >= 0.3 is 6.03 Å². The van der Waals surface area contributed by atoms with Gasteiger partial charge in [0.25, 0.3) is 0 Å². The average molecular weight is 549 g/mol. The van der Waals surface area contributed by atoms with Gasteiger partial charge in [-0.1, -0.05) is 84.9 Å². The summed E-state index contributed by atoms with van der Waals surface area (Å²) in [6.45, 7) is 0.960. The van der Waals surface area contributed by atoms with E-state index >= 15 is 0 Å². The van der Waals surface area contributed by atoms with Crippen molar-refractivity contribution in [1.82, 2.24) is 30.1 Å². The lowest BCUT2D eigenvalue weighted by Crippen LogP contribution is -2.65. The number of aromatic nitrogens is 1. The van der Waals surface area contributed by atoms with Gasteiger partial charge in [0.05, 0.1) is 30.8 Å². The Morgan fingerprint density at radius 1 is 0.902 bits per heavy atom. The molecule has 1 aromatic heterocycles. The molecule has 3 aromatic carbocycles. The molecule has 4 amide bonds. The van der Waals surface area contributed by atoms with Gasteiger partial charge in [0.15, 0.2) is 0 Å². The summed E-state index contributed by atoms with van der Waals surface area (Å²) in [4.78, 5) is 48.8. The number of benzene rings is 3. The van der Waals surface area contributed by atoms with E-state index in [0.29, 0.717) is 19.5 Å². The first-order valence-electron chi connectivity index (χ1n) is 13.8. The molecule has 0 bridgehead atoms. The SMILES string of the molecule is CN(C(=O)NCc1ccccc1)N1CC(=O)N2C(Cc3ccccc3)C(=O)N(Cc3ccc4ccccc4n3)C[C@@H]21. The van der Waals surface area contributed by atoms with Crippen molar-refractivity contribution in [2.45, 2.75) is 31.7 Å². The molecule has 2 atom stereocenters. The van der Waals surface area contributed by atoms with E-state index in [1.54, 1.807) is 21.9 Å². The van der Waals surface area contributed by atoms with Crippen LogP contribution in [0.4, 0.5) is 4.79 Å². The van der Waals surface area contributed by atoms with E-state index in [1.807, 2.05) is 97.1 Å². The van der Waals surface area contributed by atoms with Gasteiger partial charge in [0.2, 0.25) is 11.8 Å². The minimum atomic E-state index is -0.685. The van der Waals surface area contributed by atoms with Crippen molar-refractivity contribution in [1.29, 1.82) is 0 Å². The lowest BCUT2D eigenvalue weighted by molar-refractivity contribution is -0.157. The summed E-state index contributed by atoms with van der Waals surface area (Å²) in [6.07, 6.45) is -0.0942. The van der Waals surface area contributed by atoms with Crippen molar-refractivity contribution in [2.75, 3.05) is 20.1 Å². The summed E-state index contributed by atoms with van der Waals surface area (Å²) in [5, 5.41) is 7.19. The number of piperazine rings is 1. The normalized spacial score (nSPS) is 19.0. The number of urea groups is 1. The predicted octanol–water partition coefficient (Wildman–Crippen LogP) is 3.42. The quantitative estimate of drug-likeness (QED) is 0.382. The molecular weight excluding hydrogens is 516 g/mol. The minimum Gasteiger partial charge on any atom is -0.333 e. The van der Waals surface area contributed by atoms with Crippen LogP contribution in [-0.4, -0.2) is 75.0 Å². The van der Waals surface area contributed by atoms with Crippen LogP contribution in [0.5, 0.6) is 0 Å². The van der Waals surface area contributed by atoms with Gasteiger partial charge in [0.1, 0.15) is 12.2 Å². The first-order chi connectivity index (χ1) is 20.0. The Kier molecular flexibility index (Phi) is 7.35. The van der Waals surface area contributed by atoms with Crippen molar-refractivity contribution in [2.24, 2.45) is 0 Å². The van der Waals surface area contributed by atoms with Crippen LogP contribution >= 0.6 is 0 Å². The average Bonchev–Trinajstić information content (AvgIpc) is 3.34. The molecule has 9 nitrogen and oxygen atoms in total. The Morgan fingerprint density at radius 3 is 2.34 bits per heavy atom. The Morgan fingerprint density at radius 2 is 1.59 bits per heavy atom. The summed E-state index contributed by atoms with van der Waals surface area (Å²) in [7, 11) is 1.66. The molecule has 3 heterocycles. The van der Waals surface area contributed by atoms with Crippen LogP contribution < -0.4 is 5.32 Å². The van der Waals surface area contributed by atoms with E-state index in [2.05, 4.69) is 5.32 Å². The third-order valence-electron chi connectivity index (χ3n) is 7.81. The fourth-order valence-electron chi connectivity index (χ4n) is 5.68. The van der Waals surface area contributed by atoms with Crippen LogP contribution in [0.2, 0.25) is 0 Å². The molecule has 4 aromatic rings. The summed E-state index contributed by atoms with van der Waals surface area (Å²) in [5.74, 6) is -0.290. The lowest BCUT2D eigenvalue weighted by atomic mass is 10.0. The molecule has 2 aliphatic rings. The first kappa shape index (κ1) is 26.5. The van der Waals surface area contributed by atoms with E-state index in [1.165, 1.54) is 5.01 Å². The smallest absolute Gasteiger partial charge is 0.332 e. The monoisotopic (exact) mass is 548 g/mol. The zero-order valence-electron chi connectivity index (χ0n) is 22.9. The molecule has 1 unspecified atom stereocenters. The Hall–Kier alpha value is -4.76. The Balaban J connectivity index is 1.26. The molecule has 9 heteroatoms. The van der Waals surface area contributed by atoms with Crippen molar-refractivity contribution in [3.63, 3.8) is 0 Å². The van der Waals surface area contributed by atoms with Crippen molar-refractivity contribution in [3.8, 4) is 0 Å². The molecule has 2 aliphatic heterocycles. The van der Waals surface area contributed by atoms with Gasteiger partial charge in [-0.05, 0) is 23.3 Å². The number of hydrogen-bond acceptors (Lipinski definition) is 5. The lowest BCUT2D eigenvalue weighted by Gasteiger charge is -2.45. The van der Waals surface area contributed by atoms with Crippen LogP contribution in [0, 0.1) is 0 Å². The van der Waals surface area contributed by atoms with Gasteiger partial charge in [-0.3, -0.25) is 19.6 Å². The van der Waals surface area contributed by atoms with Crippen LogP contribution in [0.3, 0.4) is 0 Å². The zero-order valence-corrected chi connectivity index (χ0v) is 22.9. The van der Waals surface area contributed by atoms with Crippen molar-refractivity contribution >= 4 is 28.7 Å². The van der Waals surface area contributed by atoms with Gasteiger partial charge in [-0.25, -0.2) is 4.79 Å². The highest BCUT2D eigenvalue weighted by Gasteiger charge is 2.51. The molecule has 208 valence electrons. The van der Waals surface area contributed by atoms with Crippen LogP contribution in [0.15, 0.2) is 97.1 Å². The second kappa shape index (κ2) is 11.4. The number of nitrogens with one attached hydrogen (secondary N) is 1. The fourth-order valence-corrected chi connectivity index (χ4v) is 5.68. The standard InChI is InChI=1S/C32H32N6O3/c1-35(32(41)33-19-24-12-6-3-7-13-24)37-22-30(39)38-28(18-23-10-4-2-5-11-23)31(40)36(21-29(37)38)20-26-17-16-25-14-8-9-15-27(25)34-26/h2-17,28-29H,18-22H2,1H3,(H,33,41)/t28?,29-/m1/s1. The number of hydrogen-bond donors (Lipinski definition) is 1. The molecule has 0 saturated carbocycles. The van der Waals surface area contributed by atoms with E-state index in [-0.39, 0.29) is 30.9 Å². The maximum atomic E-state index is 13.9. The minimum absolute atomic E-state index is 0.0144. The number of fused-ring (bicyclic) bond motifs is 2. The van der Waals surface area contributed by atoms with Gasteiger partial charge in [0, 0.05) is 25.4 Å². The molecule has 2 saturated heterocycles. The van der Waals surface area contributed by atoms with Crippen LogP contribution in [-0.2, 0) is 29.1 Å². The highest BCUT2D eigenvalue weighted by Crippen LogP contribution is 2.30. The Bertz CT molecular complexity index is 1560. The summed E-state index contributed by atoms with van der Waals surface area (Å²) in [5.41, 5.74) is 3.59. The van der Waals surface area contributed by atoms with Crippen molar-refractivity contribution < 1.29 is 14.4 Å². The van der Waals surface area contributed by atoms with E-state index < -0.39 is 12.2 Å². The number of carbonyl (C=O) groups is 3. The summed E-state index contributed by atoms with van der Waals surface area (Å²) in [6, 6.07) is 30.2. The third kappa shape index (κ3) is 5.49. The molecule has 2 fully saturated rings. The van der Waals surface area contributed by atoms with Crippen molar-refractivity contribution in [3.05, 3.63) is 114 Å². The predicted molar refractivity (Wildman–Crippen MR) is 155 cm³/mol. The second-order valence-electron chi connectivity index (χ2n) is 10.5. The van der Waals surface area contributed by atoms with E-state index in [0.717, 1.165) is 27.7 Å². The molecule has 0 spiro atoms. The number of pyridine rings is 1. The number of carbonyl (C=O) groups excluding carboxylic acids is 3. The van der Waals surface area contributed by atoms with E-state index in [9.17, 15) is 14.4 Å². The number of para-hydroxylation sites is 1. The number of amides is 4. The second-order valence-corrected chi connectivity index (χ2v) is 10.5. The number of nitrogens with zero attached hydrogens (tertiary/aromatic N) is 5. The van der Waals surface area contributed by atoms with Crippen LogP contribution in [0.1, 0.15) is 16.8 Å². The number of rotatable bonds is 7. The van der Waals surface area contributed by atoms with Gasteiger partial charge in [-0.2, -0.15) is 5.01 Å². The molecule has 0 aliphatic carbocycles. The molecule has 6 rings (SSSR count). The van der Waals surface area contributed by atoms with Gasteiger partial charge in [-0.15, -0.1) is 0 Å². The van der Waals surface area contributed by atoms with Gasteiger partial charge < -0.3 is 15.1 Å². The fraction of sp³-hybridized carbons (Fsp3) is 0.250.